The molecule has 1 amide bonds. The molecule has 0 spiro atoms. The van der Waals surface area contributed by atoms with E-state index in [4.69, 9.17) is 4.74 Å². The van der Waals surface area contributed by atoms with E-state index in [1.54, 1.807) is 13.2 Å². The van der Waals surface area contributed by atoms with E-state index < -0.39 is 0 Å². The predicted octanol–water partition coefficient (Wildman–Crippen LogP) is 2.78. The normalized spacial score (nSPS) is 12.6. The highest BCUT2D eigenvalue weighted by atomic mass is 16.5. The van der Waals surface area contributed by atoms with Gasteiger partial charge in [-0.25, -0.2) is 0 Å². The van der Waals surface area contributed by atoms with Gasteiger partial charge in [-0.3, -0.25) is 4.79 Å². The number of hydrogen-bond acceptors (Lipinski definition) is 4. The molecular formula is C16H17N3O2. The Morgan fingerprint density at radius 1 is 1.14 bits per heavy atom. The van der Waals surface area contributed by atoms with Crippen molar-refractivity contribution in [1.82, 2.24) is 0 Å². The Balaban J connectivity index is 1.85. The standard InChI is InChI=1S/C16H17N3O2/c1-21-12-5-2-4-11(10-12)19-16(20)13-6-3-7-14-15(13)18-9-8-17-14/h2-7,10,17-18H,8-9H2,1H3,(H,19,20). The number of anilines is 3. The molecule has 3 N–H and O–H groups in total. The van der Waals surface area contributed by atoms with Crippen LogP contribution < -0.4 is 20.7 Å². The third-order valence-corrected chi connectivity index (χ3v) is 3.38. The third-order valence-electron chi connectivity index (χ3n) is 3.38. The van der Waals surface area contributed by atoms with E-state index >= 15 is 0 Å². The Morgan fingerprint density at radius 2 is 1.95 bits per heavy atom. The predicted molar refractivity (Wildman–Crippen MR) is 84.4 cm³/mol. The average molecular weight is 283 g/mol. The lowest BCUT2D eigenvalue weighted by atomic mass is 10.1. The van der Waals surface area contributed by atoms with Gasteiger partial charge >= 0.3 is 0 Å². The van der Waals surface area contributed by atoms with Crippen molar-refractivity contribution in [3.8, 4) is 5.75 Å². The molecule has 2 aromatic rings. The topological polar surface area (TPSA) is 62.4 Å². The maximum absolute atomic E-state index is 12.5. The Kier molecular flexibility index (Phi) is 3.64. The van der Waals surface area contributed by atoms with Crippen LogP contribution in [0.5, 0.6) is 5.75 Å². The molecule has 1 aliphatic heterocycles. The summed E-state index contributed by atoms with van der Waals surface area (Å²) >= 11 is 0. The van der Waals surface area contributed by atoms with Crippen LogP contribution >= 0.6 is 0 Å². The van der Waals surface area contributed by atoms with E-state index in [9.17, 15) is 4.79 Å². The van der Waals surface area contributed by atoms with Gasteiger partial charge in [-0.05, 0) is 24.3 Å². The summed E-state index contributed by atoms with van der Waals surface area (Å²) in [6, 6.07) is 13.0. The zero-order chi connectivity index (χ0) is 14.7. The maximum atomic E-state index is 12.5. The second kappa shape index (κ2) is 5.75. The van der Waals surface area contributed by atoms with Crippen molar-refractivity contribution in [2.24, 2.45) is 0 Å². The van der Waals surface area contributed by atoms with Gasteiger partial charge < -0.3 is 20.7 Å². The summed E-state index contributed by atoms with van der Waals surface area (Å²) in [7, 11) is 1.60. The van der Waals surface area contributed by atoms with Crippen LogP contribution in [0.2, 0.25) is 0 Å². The minimum atomic E-state index is -0.142. The molecule has 0 saturated heterocycles. The first kappa shape index (κ1) is 13.3. The van der Waals surface area contributed by atoms with Crippen LogP contribution in [0, 0.1) is 0 Å². The first-order chi connectivity index (χ1) is 10.3. The fraction of sp³-hybridized carbons (Fsp3) is 0.188. The molecular weight excluding hydrogens is 266 g/mol. The van der Waals surface area contributed by atoms with Gasteiger partial charge in [0.1, 0.15) is 5.75 Å². The minimum absolute atomic E-state index is 0.142. The van der Waals surface area contributed by atoms with Crippen molar-refractivity contribution in [2.45, 2.75) is 0 Å². The molecule has 1 heterocycles. The molecule has 108 valence electrons. The van der Waals surface area contributed by atoms with Crippen molar-refractivity contribution >= 4 is 23.0 Å². The van der Waals surface area contributed by atoms with Crippen LogP contribution in [-0.4, -0.2) is 26.1 Å². The van der Waals surface area contributed by atoms with Gasteiger partial charge in [0.25, 0.3) is 5.91 Å². The number of para-hydroxylation sites is 1. The SMILES string of the molecule is COc1cccc(NC(=O)c2cccc3c2NCCN3)c1. The first-order valence-electron chi connectivity index (χ1n) is 6.84. The quantitative estimate of drug-likeness (QED) is 0.810. The highest BCUT2D eigenvalue weighted by molar-refractivity contribution is 6.10. The van der Waals surface area contributed by atoms with Crippen molar-refractivity contribution in [3.05, 3.63) is 48.0 Å². The number of rotatable bonds is 3. The van der Waals surface area contributed by atoms with Crippen LogP contribution in [0.15, 0.2) is 42.5 Å². The number of hydrogen-bond donors (Lipinski definition) is 3. The van der Waals surface area contributed by atoms with E-state index in [0.717, 1.165) is 24.5 Å². The van der Waals surface area contributed by atoms with E-state index in [1.807, 2.05) is 36.4 Å². The van der Waals surface area contributed by atoms with Crippen molar-refractivity contribution in [2.75, 3.05) is 36.1 Å². The van der Waals surface area contributed by atoms with Gasteiger partial charge in [-0.2, -0.15) is 0 Å². The Labute approximate surface area is 123 Å². The summed E-state index contributed by atoms with van der Waals surface area (Å²) in [4.78, 5) is 12.5. The summed E-state index contributed by atoms with van der Waals surface area (Å²) in [5, 5.41) is 9.45. The molecule has 0 unspecified atom stereocenters. The highest BCUT2D eigenvalue weighted by Gasteiger charge is 2.17. The van der Waals surface area contributed by atoms with E-state index in [0.29, 0.717) is 17.0 Å². The monoisotopic (exact) mass is 283 g/mol. The Hall–Kier alpha value is -2.69. The van der Waals surface area contributed by atoms with Crippen molar-refractivity contribution in [1.29, 1.82) is 0 Å². The molecule has 5 nitrogen and oxygen atoms in total. The Morgan fingerprint density at radius 3 is 2.81 bits per heavy atom. The van der Waals surface area contributed by atoms with Crippen LogP contribution in [0.4, 0.5) is 17.1 Å². The summed E-state index contributed by atoms with van der Waals surface area (Å²) in [5.41, 5.74) is 3.15. The number of benzene rings is 2. The summed E-state index contributed by atoms with van der Waals surface area (Å²) in [6.07, 6.45) is 0. The minimum Gasteiger partial charge on any atom is -0.497 e. The Bertz CT molecular complexity index is 670. The maximum Gasteiger partial charge on any atom is 0.257 e. The number of carbonyl (C=O) groups is 1. The lowest BCUT2D eigenvalue weighted by Gasteiger charge is -2.22. The van der Waals surface area contributed by atoms with Crippen LogP contribution in [0.1, 0.15) is 10.4 Å². The molecule has 0 fully saturated rings. The van der Waals surface area contributed by atoms with Gasteiger partial charge in [-0.15, -0.1) is 0 Å². The van der Waals surface area contributed by atoms with Gasteiger partial charge in [0, 0.05) is 24.8 Å². The fourth-order valence-corrected chi connectivity index (χ4v) is 2.36. The number of ether oxygens (including phenoxy) is 1. The lowest BCUT2D eigenvalue weighted by Crippen LogP contribution is -2.24. The molecule has 0 atom stereocenters. The van der Waals surface area contributed by atoms with Crippen molar-refractivity contribution in [3.63, 3.8) is 0 Å². The molecule has 2 aromatic carbocycles. The van der Waals surface area contributed by atoms with Crippen LogP contribution in [-0.2, 0) is 0 Å². The molecule has 0 saturated carbocycles. The smallest absolute Gasteiger partial charge is 0.257 e. The largest absolute Gasteiger partial charge is 0.497 e. The highest BCUT2D eigenvalue weighted by Crippen LogP contribution is 2.29. The summed E-state index contributed by atoms with van der Waals surface area (Å²) in [6.45, 7) is 1.66. The lowest BCUT2D eigenvalue weighted by molar-refractivity contribution is 0.102. The molecule has 0 bridgehead atoms. The first-order valence-corrected chi connectivity index (χ1v) is 6.84. The van der Waals surface area contributed by atoms with E-state index in [-0.39, 0.29) is 5.91 Å². The molecule has 5 heteroatoms. The van der Waals surface area contributed by atoms with Crippen LogP contribution in [0.3, 0.4) is 0 Å². The second-order valence-corrected chi connectivity index (χ2v) is 4.77. The number of nitrogens with one attached hydrogen (secondary N) is 3. The zero-order valence-corrected chi connectivity index (χ0v) is 11.8. The van der Waals surface area contributed by atoms with Gasteiger partial charge in [0.2, 0.25) is 0 Å². The number of methoxy groups -OCH3 is 1. The van der Waals surface area contributed by atoms with E-state index in [1.165, 1.54) is 0 Å². The molecule has 3 rings (SSSR count). The number of fused-ring (bicyclic) bond motifs is 1. The fourth-order valence-electron chi connectivity index (χ4n) is 2.36. The number of amides is 1. The van der Waals surface area contributed by atoms with Gasteiger partial charge in [0.15, 0.2) is 0 Å². The van der Waals surface area contributed by atoms with Gasteiger partial charge in [0.05, 0.1) is 24.0 Å². The summed E-state index contributed by atoms with van der Waals surface area (Å²) < 4.78 is 5.16. The van der Waals surface area contributed by atoms with Crippen LogP contribution in [0.25, 0.3) is 0 Å². The van der Waals surface area contributed by atoms with E-state index in [2.05, 4.69) is 16.0 Å². The second-order valence-electron chi connectivity index (χ2n) is 4.77. The third kappa shape index (κ3) is 2.76. The zero-order valence-electron chi connectivity index (χ0n) is 11.8. The average Bonchev–Trinajstić information content (AvgIpc) is 2.54. The molecule has 0 radical (unpaired) electrons. The molecule has 0 aliphatic carbocycles. The molecule has 1 aliphatic rings. The molecule has 21 heavy (non-hydrogen) atoms. The van der Waals surface area contributed by atoms with Gasteiger partial charge in [-0.1, -0.05) is 12.1 Å². The van der Waals surface area contributed by atoms with Crippen molar-refractivity contribution < 1.29 is 9.53 Å². The summed E-state index contributed by atoms with van der Waals surface area (Å²) in [5.74, 6) is 0.569. The molecule has 0 aromatic heterocycles. The number of carbonyl (C=O) groups excluding carboxylic acids is 1.